The van der Waals surface area contributed by atoms with E-state index in [0.29, 0.717) is 19.3 Å². The number of carbonyl (C=O) groups excluding carboxylic acids is 4. The summed E-state index contributed by atoms with van der Waals surface area (Å²) < 4.78 is 41.1. The van der Waals surface area contributed by atoms with Gasteiger partial charge in [-0.15, -0.1) is 0 Å². The molecule has 3 aliphatic rings. The first-order chi connectivity index (χ1) is 27.0. The highest BCUT2D eigenvalue weighted by Crippen LogP contribution is 2.36. The Bertz CT molecular complexity index is 1410. The Balaban J connectivity index is 1.90. The maximum Gasteiger partial charge on any atom is 0.410 e. The number of amides is 4. The van der Waals surface area contributed by atoms with Gasteiger partial charge in [-0.05, 0) is 107 Å². The van der Waals surface area contributed by atoms with Crippen LogP contribution in [0, 0.1) is 5.92 Å². The van der Waals surface area contributed by atoms with Gasteiger partial charge in [0.1, 0.15) is 46.8 Å². The highest BCUT2D eigenvalue weighted by atomic mass is 16.7. The van der Waals surface area contributed by atoms with Crippen LogP contribution in [0.4, 0.5) is 14.4 Å². The SMILES string of the molecule is CC[C@@H]1CCC(NC(=O)OC(C)(C)C)[C@@H](OC2C(O)C(O[C@H]3OCC(C)(O)[C@H](N(C)C(=O)OC(C)(C)C)C3O)[C@H](NC(=O)[C@@H](O)CCNC(=O)OC(C)(C)C)C[C@@H]2C)O1. The fourth-order valence-electron chi connectivity index (χ4n) is 7.35. The lowest BCUT2D eigenvalue weighted by Gasteiger charge is -2.50. The van der Waals surface area contributed by atoms with Crippen LogP contribution in [0.5, 0.6) is 0 Å². The Morgan fingerprint density at radius 2 is 1.41 bits per heavy atom. The molecule has 3 fully saturated rings. The number of aliphatic hydroxyl groups is 4. The third-order valence-corrected chi connectivity index (χ3v) is 10.0. The van der Waals surface area contributed by atoms with E-state index in [4.69, 9.17) is 33.2 Å². The minimum absolute atomic E-state index is 0.0870. The first-order valence-corrected chi connectivity index (χ1v) is 20.6. The Kier molecular flexibility index (Phi) is 17.2. The maximum absolute atomic E-state index is 13.4. The third-order valence-electron chi connectivity index (χ3n) is 10.0. The van der Waals surface area contributed by atoms with Crippen molar-refractivity contribution in [3.63, 3.8) is 0 Å². The summed E-state index contributed by atoms with van der Waals surface area (Å²) in [6.45, 7) is 20.0. The van der Waals surface area contributed by atoms with Gasteiger partial charge in [-0.3, -0.25) is 4.79 Å². The van der Waals surface area contributed by atoms with Crippen molar-refractivity contribution >= 4 is 24.2 Å². The average molecular weight is 849 g/mol. The van der Waals surface area contributed by atoms with Gasteiger partial charge in [-0.1, -0.05) is 13.8 Å². The Labute approximate surface area is 348 Å². The molecule has 0 spiro atoms. The maximum atomic E-state index is 13.4. The fraction of sp³-hybridized carbons (Fsp3) is 0.900. The van der Waals surface area contributed by atoms with E-state index in [1.165, 1.54) is 14.0 Å². The van der Waals surface area contributed by atoms with Crippen LogP contribution >= 0.6 is 0 Å². The van der Waals surface area contributed by atoms with Gasteiger partial charge >= 0.3 is 18.3 Å². The number of carbonyl (C=O) groups is 4. The zero-order valence-corrected chi connectivity index (χ0v) is 37.1. The summed E-state index contributed by atoms with van der Waals surface area (Å²) in [5, 5.41) is 54.0. The lowest BCUT2D eigenvalue weighted by atomic mass is 9.79. The normalized spacial score (nSPS) is 33.5. The van der Waals surface area contributed by atoms with Crippen molar-refractivity contribution in [1.29, 1.82) is 0 Å². The van der Waals surface area contributed by atoms with Crippen molar-refractivity contribution < 1.29 is 72.8 Å². The Hall–Kier alpha value is -3.04. The summed E-state index contributed by atoms with van der Waals surface area (Å²) in [4.78, 5) is 52.6. The highest BCUT2D eigenvalue weighted by Gasteiger charge is 2.54. The molecule has 3 rings (SSSR count). The molecule has 0 aromatic heterocycles. The molecule has 4 amide bonds. The van der Waals surface area contributed by atoms with Gasteiger partial charge in [-0.2, -0.15) is 0 Å². The number of aliphatic hydroxyl groups excluding tert-OH is 3. The topological polar surface area (TPSA) is 253 Å². The number of alkyl carbamates (subject to hydrolysis) is 2. The molecule has 0 bridgehead atoms. The van der Waals surface area contributed by atoms with Crippen LogP contribution in [-0.2, 0) is 38.0 Å². The zero-order chi connectivity index (χ0) is 44.8. The summed E-state index contributed by atoms with van der Waals surface area (Å²) >= 11 is 0. The van der Waals surface area contributed by atoms with E-state index < -0.39 is 120 Å². The van der Waals surface area contributed by atoms with Crippen molar-refractivity contribution in [2.75, 3.05) is 20.2 Å². The van der Waals surface area contributed by atoms with Crippen LogP contribution in [0.3, 0.4) is 0 Å². The zero-order valence-electron chi connectivity index (χ0n) is 37.1. The second-order valence-corrected chi connectivity index (χ2v) is 19.2. The first kappa shape index (κ1) is 50.3. The molecule has 7 N–H and O–H groups in total. The van der Waals surface area contributed by atoms with Crippen LogP contribution in [0.15, 0.2) is 0 Å². The second kappa shape index (κ2) is 20.2. The van der Waals surface area contributed by atoms with Crippen molar-refractivity contribution in [3.8, 4) is 0 Å². The molecule has 0 aromatic rings. The van der Waals surface area contributed by atoms with Gasteiger partial charge < -0.3 is 74.4 Å². The molecule has 13 atom stereocenters. The molecule has 59 heavy (non-hydrogen) atoms. The van der Waals surface area contributed by atoms with Crippen molar-refractivity contribution in [2.24, 2.45) is 5.92 Å². The van der Waals surface area contributed by atoms with Crippen molar-refractivity contribution in [1.82, 2.24) is 20.9 Å². The van der Waals surface area contributed by atoms with E-state index in [0.717, 1.165) is 4.90 Å². The predicted molar refractivity (Wildman–Crippen MR) is 212 cm³/mol. The van der Waals surface area contributed by atoms with Crippen molar-refractivity contribution in [3.05, 3.63) is 0 Å². The Morgan fingerprint density at radius 1 is 0.831 bits per heavy atom. The van der Waals surface area contributed by atoms with E-state index in [1.54, 1.807) is 69.2 Å². The lowest BCUT2D eigenvalue weighted by Crippen LogP contribution is -2.69. The second-order valence-electron chi connectivity index (χ2n) is 19.2. The minimum Gasteiger partial charge on any atom is -0.444 e. The summed E-state index contributed by atoms with van der Waals surface area (Å²) in [7, 11) is 1.36. The van der Waals surface area contributed by atoms with Gasteiger partial charge in [0, 0.05) is 13.6 Å². The number of likely N-dealkylation sites (N-methyl/N-ethyl adjacent to an activating group) is 1. The van der Waals surface area contributed by atoms with Crippen LogP contribution < -0.4 is 16.0 Å². The summed E-state index contributed by atoms with van der Waals surface area (Å²) in [6.07, 6.45) is -10.5. The molecule has 1 aliphatic carbocycles. The molecular formula is C40H72N4O15. The molecule has 2 aliphatic heterocycles. The molecule has 19 heteroatoms. The molecule has 2 saturated heterocycles. The summed E-state index contributed by atoms with van der Waals surface area (Å²) in [5.41, 5.74) is -4.17. The average Bonchev–Trinajstić information content (AvgIpc) is 3.07. The number of hydrogen-bond donors (Lipinski definition) is 7. The lowest BCUT2D eigenvalue weighted by molar-refractivity contribution is -0.316. The molecule has 0 radical (unpaired) electrons. The largest absolute Gasteiger partial charge is 0.444 e. The van der Waals surface area contributed by atoms with E-state index in [2.05, 4.69) is 16.0 Å². The smallest absolute Gasteiger partial charge is 0.410 e. The molecule has 0 aromatic carbocycles. The van der Waals surface area contributed by atoms with Gasteiger partial charge in [-0.25, -0.2) is 14.4 Å². The summed E-state index contributed by atoms with van der Waals surface area (Å²) in [6, 6.07) is -2.97. The molecule has 1 saturated carbocycles. The van der Waals surface area contributed by atoms with Crippen LogP contribution in [0.2, 0.25) is 0 Å². The van der Waals surface area contributed by atoms with Gasteiger partial charge in [0.15, 0.2) is 12.6 Å². The fourth-order valence-corrected chi connectivity index (χ4v) is 7.35. The molecule has 6 unspecified atom stereocenters. The standard InChI is InChI=1S/C40H72N4O15/c1-14-22-15-16-23(43-35(50)58-38(6,7)8)32(54-22)55-28-21(2)19-24(42-31(48)25(45)17-18-41-34(49)57-37(3,4)5)29(26(28)46)56-33-27(47)30(40(12,52)20-53-33)44(13)36(51)59-39(9,10)11/h21-30,32-33,45-47,52H,14-20H2,1-13H3,(H,41,49)(H,42,48)(H,43,50)/t21-,22+,23?,24+,25-,26?,27?,28?,29?,30+,32+,33+,40?/m0/s1. The van der Waals surface area contributed by atoms with Gasteiger partial charge in [0.05, 0.1) is 36.9 Å². The quantitative estimate of drug-likeness (QED) is 0.139. The van der Waals surface area contributed by atoms with Crippen LogP contribution in [-0.4, -0.2) is 159 Å². The number of ether oxygens (including phenoxy) is 7. The third kappa shape index (κ3) is 15.1. The van der Waals surface area contributed by atoms with Crippen LogP contribution in [0.1, 0.15) is 115 Å². The van der Waals surface area contributed by atoms with E-state index >= 15 is 0 Å². The van der Waals surface area contributed by atoms with Gasteiger partial charge in [0.25, 0.3) is 0 Å². The van der Waals surface area contributed by atoms with E-state index in [1.807, 2.05) is 6.92 Å². The predicted octanol–water partition coefficient (Wildman–Crippen LogP) is 2.43. The number of nitrogens with one attached hydrogen (secondary N) is 3. The first-order valence-electron chi connectivity index (χ1n) is 20.6. The van der Waals surface area contributed by atoms with E-state index in [9.17, 15) is 39.6 Å². The van der Waals surface area contributed by atoms with E-state index in [-0.39, 0.29) is 25.5 Å². The summed E-state index contributed by atoms with van der Waals surface area (Å²) in [5.74, 6) is -1.31. The number of hydrogen-bond acceptors (Lipinski definition) is 15. The minimum atomic E-state index is -1.77. The number of nitrogens with zero attached hydrogens (tertiary/aromatic N) is 1. The van der Waals surface area contributed by atoms with Gasteiger partial charge in [0.2, 0.25) is 5.91 Å². The molecular weight excluding hydrogens is 776 g/mol. The monoisotopic (exact) mass is 848 g/mol. The van der Waals surface area contributed by atoms with Crippen molar-refractivity contribution in [2.45, 2.75) is 205 Å². The molecule has 342 valence electrons. The number of rotatable bonds is 12. The Morgan fingerprint density at radius 3 is 1.98 bits per heavy atom. The molecule has 19 nitrogen and oxygen atoms in total. The van der Waals surface area contributed by atoms with Crippen LogP contribution in [0.25, 0.3) is 0 Å². The molecule has 2 heterocycles. The highest BCUT2D eigenvalue weighted by molar-refractivity contribution is 5.81.